The van der Waals surface area contributed by atoms with E-state index in [1.165, 1.54) is 12.1 Å². The van der Waals surface area contributed by atoms with Gasteiger partial charge in [0.25, 0.3) is 0 Å². The summed E-state index contributed by atoms with van der Waals surface area (Å²) >= 11 is 5.93. The summed E-state index contributed by atoms with van der Waals surface area (Å²) in [5.41, 5.74) is 3.63. The molecule has 0 atom stereocenters. The number of hydrogen-bond acceptors (Lipinski definition) is 2. The lowest BCUT2D eigenvalue weighted by molar-refractivity contribution is -0.121. The Morgan fingerprint density at radius 3 is 2.96 bits per heavy atom. The van der Waals surface area contributed by atoms with Gasteiger partial charge in [0.05, 0.1) is 17.4 Å². The van der Waals surface area contributed by atoms with Crippen molar-refractivity contribution in [3.8, 4) is 0 Å². The molecule has 118 valence electrons. The van der Waals surface area contributed by atoms with Crippen LogP contribution >= 0.6 is 11.6 Å². The lowest BCUT2D eigenvalue weighted by atomic mass is 10.1. The molecule has 0 aliphatic rings. The summed E-state index contributed by atoms with van der Waals surface area (Å²) in [6, 6.07) is 10.0. The Balaban J connectivity index is 1.53. The predicted molar refractivity (Wildman–Crippen MR) is 87.7 cm³/mol. The standard InChI is InChI=1S/C17H15ClFN3O/c18-14-8-13(19)4-3-12(14)9-20-17(23)6-2-11-1-5-15-16(7-11)22-10-21-15/h1,3-5,7-8,10H,2,6,9H2,(H,20,23)(H,21,22). The van der Waals surface area contributed by atoms with Crippen molar-refractivity contribution in [1.29, 1.82) is 0 Å². The fourth-order valence-corrected chi connectivity index (χ4v) is 2.58. The molecule has 0 bridgehead atoms. The Kier molecular flexibility index (Phi) is 4.57. The van der Waals surface area contributed by atoms with Gasteiger partial charge >= 0.3 is 0 Å². The molecule has 3 rings (SSSR count). The quantitative estimate of drug-likeness (QED) is 0.750. The van der Waals surface area contributed by atoms with Crippen molar-refractivity contribution in [3.63, 3.8) is 0 Å². The zero-order valence-electron chi connectivity index (χ0n) is 12.3. The summed E-state index contributed by atoms with van der Waals surface area (Å²) in [6.07, 6.45) is 2.66. The van der Waals surface area contributed by atoms with Gasteiger partial charge in [0.15, 0.2) is 0 Å². The molecule has 1 aromatic heterocycles. The van der Waals surface area contributed by atoms with E-state index in [2.05, 4.69) is 15.3 Å². The van der Waals surface area contributed by atoms with E-state index in [9.17, 15) is 9.18 Å². The van der Waals surface area contributed by atoms with Crippen LogP contribution in [0.4, 0.5) is 4.39 Å². The Morgan fingerprint density at radius 1 is 1.26 bits per heavy atom. The van der Waals surface area contributed by atoms with Crippen molar-refractivity contribution in [2.45, 2.75) is 19.4 Å². The number of halogens is 2. The number of nitrogens with zero attached hydrogens (tertiary/aromatic N) is 1. The van der Waals surface area contributed by atoms with Crippen molar-refractivity contribution in [2.75, 3.05) is 0 Å². The number of hydrogen-bond donors (Lipinski definition) is 2. The van der Waals surface area contributed by atoms with Crippen LogP contribution in [0.1, 0.15) is 17.5 Å². The van der Waals surface area contributed by atoms with Crippen molar-refractivity contribution < 1.29 is 9.18 Å². The Morgan fingerprint density at radius 2 is 2.13 bits per heavy atom. The molecule has 0 saturated heterocycles. The average Bonchev–Trinajstić information content (AvgIpc) is 2.99. The molecule has 0 unspecified atom stereocenters. The first kappa shape index (κ1) is 15.5. The molecule has 1 heterocycles. The molecule has 23 heavy (non-hydrogen) atoms. The van der Waals surface area contributed by atoms with Gasteiger partial charge in [-0.1, -0.05) is 23.7 Å². The first-order chi connectivity index (χ1) is 11.1. The Bertz CT molecular complexity index is 847. The summed E-state index contributed by atoms with van der Waals surface area (Å²) < 4.78 is 13.0. The minimum atomic E-state index is -0.390. The molecule has 3 aromatic rings. The average molecular weight is 332 g/mol. The number of fused-ring (bicyclic) bond motifs is 1. The number of amides is 1. The SMILES string of the molecule is O=C(CCc1ccc2nc[nH]c2c1)NCc1ccc(F)cc1Cl. The smallest absolute Gasteiger partial charge is 0.220 e. The highest BCUT2D eigenvalue weighted by molar-refractivity contribution is 6.31. The topological polar surface area (TPSA) is 57.8 Å². The predicted octanol–water partition coefficient (Wildman–Crippen LogP) is 3.60. The molecule has 0 saturated carbocycles. The maximum absolute atomic E-state index is 13.0. The number of H-pyrrole nitrogens is 1. The number of aromatic nitrogens is 2. The molecule has 0 fully saturated rings. The third kappa shape index (κ3) is 3.87. The summed E-state index contributed by atoms with van der Waals surface area (Å²) in [5.74, 6) is -0.464. The van der Waals surface area contributed by atoms with Gasteiger partial charge in [-0.3, -0.25) is 4.79 Å². The summed E-state index contributed by atoms with van der Waals surface area (Å²) in [5, 5.41) is 3.11. The lowest BCUT2D eigenvalue weighted by Gasteiger charge is -2.07. The number of imidazole rings is 1. The number of nitrogens with one attached hydrogen (secondary N) is 2. The molecule has 1 amide bonds. The van der Waals surface area contributed by atoms with Crippen LogP contribution in [0.3, 0.4) is 0 Å². The Hall–Kier alpha value is -2.40. The van der Waals surface area contributed by atoms with Gasteiger partial charge in [-0.05, 0) is 41.8 Å². The molecule has 0 aliphatic carbocycles. The summed E-state index contributed by atoms with van der Waals surface area (Å²) in [4.78, 5) is 19.1. The number of carbonyl (C=O) groups is 1. The monoisotopic (exact) mass is 331 g/mol. The molecule has 0 aliphatic heterocycles. The van der Waals surface area contributed by atoms with Gasteiger partial charge in [0, 0.05) is 18.0 Å². The zero-order chi connectivity index (χ0) is 16.2. The first-order valence-corrected chi connectivity index (χ1v) is 7.62. The fraction of sp³-hybridized carbons (Fsp3) is 0.176. The van der Waals surface area contributed by atoms with E-state index in [0.29, 0.717) is 23.4 Å². The van der Waals surface area contributed by atoms with Gasteiger partial charge in [-0.15, -0.1) is 0 Å². The largest absolute Gasteiger partial charge is 0.352 e. The normalized spacial score (nSPS) is 10.9. The van der Waals surface area contributed by atoms with E-state index >= 15 is 0 Å². The molecular weight excluding hydrogens is 317 g/mol. The van der Waals surface area contributed by atoms with Gasteiger partial charge in [0.2, 0.25) is 5.91 Å². The van der Waals surface area contributed by atoms with Crippen LogP contribution in [0, 0.1) is 5.82 Å². The van der Waals surface area contributed by atoms with E-state index in [4.69, 9.17) is 11.6 Å². The molecular formula is C17H15ClFN3O. The van der Waals surface area contributed by atoms with Crippen LogP contribution in [-0.2, 0) is 17.8 Å². The molecule has 4 nitrogen and oxygen atoms in total. The van der Waals surface area contributed by atoms with Gasteiger partial charge in [-0.25, -0.2) is 9.37 Å². The fourth-order valence-electron chi connectivity index (χ4n) is 2.34. The molecule has 0 radical (unpaired) electrons. The number of aryl methyl sites for hydroxylation is 1. The van der Waals surface area contributed by atoms with E-state index in [-0.39, 0.29) is 18.3 Å². The maximum Gasteiger partial charge on any atom is 0.220 e. The second-order valence-electron chi connectivity index (χ2n) is 5.27. The second-order valence-corrected chi connectivity index (χ2v) is 5.67. The maximum atomic E-state index is 13.0. The third-order valence-corrected chi connectivity index (χ3v) is 3.97. The first-order valence-electron chi connectivity index (χ1n) is 7.24. The third-order valence-electron chi connectivity index (χ3n) is 3.62. The number of rotatable bonds is 5. The van der Waals surface area contributed by atoms with Crippen molar-refractivity contribution >= 4 is 28.5 Å². The Labute approximate surface area is 137 Å². The van der Waals surface area contributed by atoms with Gasteiger partial charge in [-0.2, -0.15) is 0 Å². The van der Waals surface area contributed by atoms with Crippen molar-refractivity contribution in [2.24, 2.45) is 0 Å². The molecule has 0 spiro atoms. The molecule has 6 heteroatoms. The lowest BCUT2D eigenvalue weighted by Crippen LogP contribution is -2.23. The van der Waals surface area contributed by atoms with E-state index in [0.717, 1.165) is 16.6 Å². The second kappa shape index (κ2) is 6.79. The van der Waals surface area contributed by atoms with E-state index < -0.39 is 0 Å². The number of carbonyl (C=O) groups excluding carboxylic acids is 1. The summed E-state index contributed by atoms with van der Waals surface area (Å²) in [7, 11) is 0. The molecule has 2 aromatic carbocycles. The highest BCUT2D eigenvalue weighted by Crippen LogP contribution is 2.17. The van der Waals surface area contributed by atoms with Crippen LogP contribution in [0.25, 0.3) is 11.0 Å². The van der Waals surface area contributed by atoms with Crippen LogP contribution in [0.15, 0.2) is 42.7 Å². The van der Waals surface area contributed by atoms with Crippen molar-refractivity contribution in [1.82, 2.24) is 15.3 Å². The van der Waals surface area contributed by atoms with Crippen LogP contribution in [-0.4, -0.2) is 15.9 Å². The van der Waals surface area contributed by atoms with Gasteiger partial charge < -0.3 is 10.3 Å². The van der Waals surface area contributed by atoms with Crippen LogP contribution in [0.2, 0.25) is 5.02 Å². The highest BCUT2D eigenvalue weighted by Gasteiger charge is 2.06. The zero-order valence-corrected chi connectivity index (χ0v) is 13.0. The minimum Gasteiger partial charge on any atom is -0.352 e. The van der Waals surface area contributed by atoms with Gasteiger partial charge in [0.1, 0.15) is 5.82 Å². The van der Waals surface area contributed by atoms with E-state index in [1.54, 1.807) is 12.4 Å². The minimum absolute atomic E-state index is 0.0740. The van der Waals surface area contributed by atoms with E-state index in [1.807, 2.05) is 18.2 Å². The molecule has 2 N–H and O–H groups in total. The van der Waals surface area contributed by atoms with Crippen LogP contribution in [0.5, 0.6) is 0 Å². The number of benzene rings is 2. The van der Waals surface area contributed by atoms with Crippen molar-refractivity contribution in [3.05, 3.63) is 64.7 Å². The summed E-state index contributed by atoms with van der Waals surface area (Å²) in [6.45, 7) is 0.289. The number of aromatic amines is 1. The highest BCUT2D eigenvalue weighted by atomic mass is 35.5. The van der Waals surface area contributed by atoms with Crippen LogP contribution < -0.4 is 5.32 Å².